The van der Waals surface area contributed by atoms with Gasteiger partial charge in [-0.25, -0.2) is 0 Å². The van der Waals surface area contributed by atoms with Crippen molar-refractivity contribution in [3.63, 3.8) is 0 Å². The summed E-state index contributed by atoms with van der Waals surface area (Å²) in [6.07, 6.45) is 2.51. The van der Waals surface area contributed by atoms with Crippen LogP contribution in [0.15, 0.2) is 0 Å². The van der Waals surface area contributed by atoms with E-state index in [9.17, 15) is 4.79 Å². The Morgan fingerprint density at radius 2 is 2.00 bits per heavy atom. The number of ketones is 1. The summed E-state index contributed by atoms with van der Waals surface area (Å²) in [4.78, 5) is 13.6. The molecule has 0 aromatic rings. The van der Waals surface area contributed by atoms with E-state index in [1.165, 1.54) is 12.8 Å². The number of carbonyl (C=O) groups is 1. The Morgan fingerprint density at radius 1 is 1.38 bits per heavy atom. The maximum absolute atomic E-state index is 11.3. The minimum Gasteiger partial charge on any atom is -0.298 e. The van der Waals surface area contributed by atoms with Gasteiger partial charge in [0.15, 0.2) is 0 Å². The molecule has 1 aliphatic rings. The molecule has 0 aromatic carbocycles. The van der Waals surface area contributed by atoms with Gasteiger partial charge in [-0.15, -0.1) is 0 Å². The summed E-state index contributed by atoms with van der Waals surface area (Å²) in [6, 6.07) is 0.744. The van der Waals surface area contributed by atoms with E-state index in [1.54, 1.807) is 6.92 Å². The molecule has 1 heterocycles. The molecule has 76 valence electrons. The van der Waals surface area contributed by atoms with Crippen LogP contribution in [0.1, 0.15) is 40.5 Å². The number of carbonyl (C=O) groups excluding carboxylic acids is 1. The molecule has 0 spiro atoms. The zero-order chi connectivity index (χ0) is 10.0. The van der Waals surface area contributed by atoms with Gasteiger partial charge in [-0.05, 0) is 39.2 Å². The number of likely N-dealkylation sites (tertiary alicyclic amines) is 1. The maximum Gasteiger partial charge on any atom is 0.146 e. The van der Waals surface area contributed by atoms with Gasteiger partial charge in [-0.2, -0.15) is 0 Å². The van der Waals surface area contributed by atoms with E-state index < -0.39 is 0 Å². The summed E-state index contributed by atoms with van der Waals surface area (Å²) in [5, 5.41) is 0. The molecular formula is C11H21NO. The van der Waals surface area contributed by atoms with Crippen molar-refractivity contribution in [2.45, 2.75) is 52.6 Å². The van der Waals surface area contributed by atoms with Gasteiger partial charge in [0.1, 0.15) is 5.78 Å². The zero-order valence-corrected chi connectivity index (χ0v) is 9.21. The fourth-order valence-electron chi connectivity index (χ4n) is 2.25. The zero-order valence-electron chi connectivity index (χ0n) is 9.21. The van der Waals surface area contributed by atoms with Crippen molar-refractivity contribution in [3.8, 4) is 0 Å². The predicted molar refractivity (Wildman–Crippen MR) is 54.7 cm³/mol. The molecule has 0 saturated carbocycles. The van der Waals surface area contributed by atoms with Crippen LogP contribution in [0.3, 0.4) is 0 Å². The minimum absolute atomic E-state index is 0.120. The van der Waals surface area contributed by atoms with Crippen molar-refractivity contribution in [2.24, 2.45) is 5.92 Å². The first kappa shape index (κ1) is 10.7. The number of Topliss-reactive ketones (excluding diaryl/α,β-unsaturated/α-hetero) is 1. The van der Waals surface area contributed by atoms with E-state index in [2.05, 4.69) is 18.7 Å². The molecular weight excluding hydrogens is 162 g/mol. The van der Waals surface area contributed by atoms with Crippen molar-refractivity contribution in [2.75, 3.05) is 6.54 Å². The normalized spacial score (nSPS) is 26.7. The Morgan fingerprint density at radius 3 is 2.46 bits per heavy atom. The van der Waals surface area contributed by atoms with Crippen LogP contribution in [0, 0.1) is 5.92 Å². The Hall–Kier alpha value is -0.370. The van der Waals surface area contributed by atoms with Crippen LogP contribution in [0.4, 0.5) is 0 Å². The molecule has 1 rings (SSSR count). The highest BCUT2D eigenvalue weighted by Gasteiger charge is 2.31. The molecule has 2 unspecified atom stereocenters. The Kier molecular flexibility index (Phi) is 3.48. The molecule has 0 amide bonds. The molecule has 0 radical (unpaired) electrons. The fourth-order valence-corrected chi connectivity index (χ4v) is 2.25. The highest BCUT2D eigenvalue weighted by molar-refractivity contribution is 5.81. The van der Waals surface area contributed by atoms with Crippen LogP contribution in [0.2, 0.25) is 0 Å². The van der Waals surface area contributed by atoms with Gasteiger partial charge < -0.3 is 0 Å². The first-order valence-corrected chi connectivity index (χ1v) is 5.30. The van der Waals surface area contributed by atoms with Crippen LogP contribution in [-0.4, -0.2) is 29.3 Å². The lowest BCUT2D eigenvalue weighted by Gasteiger charge is -2.31. The SMILES string of the molecule is CC(=O)C(C)N1CCCC1C(C)C. The third-order valence-corrected chi connectivity index (χ3v) is 3.20. The third-order valence-electron chi connectivity index (χ3n) is 3.20. The van der Waals surface area contributed by atoms with Gasteiger partial charge in [0.2, 0.25) is 0 Å². The highest BCUT2D eigenvalue weighted by Crippen LogP contribution is 2.25. The molecule has 0 bridgehead atoms. The second kappa shape index (κ2) is 4.23. The first-order chi connectivity index (χ1) is 6.04. The van der Waals surface area contributed by atoms with Crippen molar-refractivity contribution in [3.05, 3.63) is 0 Å². The standard InChI is InChI=1S/C11H21NO/c1-8(2)11-6-5-7-12(11)9(3)10(4)13/h8-9,11H,5-7H2,1-4H3. The quantitative estimate of drug-likeness (QED) is 0.667. The van der Waals surface area contributed by atoms with E-state index in [0.29, 0.717) is 17.7 Å². The predicted octanol–water partition coefficient (Wildman–Crippen LogP) is 2.08. The number of hydrogen-bond acceptors (Lipinski definition) is 2. The monoisotopic (exact) mass is 183 g/mol. The van der Waals surface area contributed by atoms with Gasteiger partial charge in [-0.3, -0.25) is 9.69 Å². The second-order valence-electron chi connectivity index (χ2n) is 4.48. The van der Waals surface area contributed by atoms with E-state index in [4.69, 9.17) is 0 Å². The summed E-state index contributed by atoms with van der Waals surface area (Å²) < 4.78 is 0. The van der Waals surface area contributed by atoms with Crippen LogP contribution in [0.5, 0.6) is 0 Å². The molecule has 0 aromatic heterocycles. The van der Waals surface area contributed by atoms with Crippen LogP contribution in [0.25, 0.3) is 0 Å². The molecule has 2 atom stereocenters. The summed E-state index contributed by atoms with van der Waals surface area (Å²) in [5.74, 6) is 0.969. The van der Waals surface area contributed by atoms with Crippen LogP contribution < -0.4 is 0 Å². The lowest BCUT2D eigenvalue weighted by Crippen LogP contribution is -2.43. The van der Waals surface area contributed by atoms with E-state index in [-0.39, 0.29) is 6.04 Å². The van der Waals surface area contributed by atoms with Crippen molar-refractivity contribution < 1.29 is 4.79 Å². The average Bonchev–Trinajstić information content (AvgIpc) is 2.50. The highest BCUT2D eigenvalue weighted by atomic mass is 16.1. The van der Waals surface area contributed by atoms with Gasteiger partial charge in [0.05, 0.1) is 6.04 Å². The molecule has 0 aliphatic carbocycles. The molecule has 2 heteroatoms. The molecule has 1 saturated heterocycles. The second-order valence-corrected chi connectivity index (χ2v) is 4.48. The molecule has 0 N–H and O–H groups in total. The van der Waals surface area contributed by atoms with E-state index in [0.717, 1.165) is 6.54 Å². The summed E-state index contributed by atoms with van der Waals surface area (Å²) in [7, 11) is 0. The number of nitrogens with zero attached hydrogens (tertiary/aromatic N) is 1. The summed E-state index contributed by atoms with van der Waals surface area (Å²) in [5.41, 5.74) is 0. The van der Waals surface area contributed by atoms with Crippen LogP contribution >= 0.6 is 0 Å². The summed E-state index contributed by atoms with van der Waals surface area (Å²) in [6.45, 7) is 9.32. The molecule has 1 fully saturated rings. The molecule has 2 nitrogen and oxygen atoms in total. The minimum atomic E-state index is 0.120. The molecule has 13 heavy (non-hydrogen) atoms. The first-order valence-electron chi connectivity index (χ1n) is 5.30. The topological polar surface area (TPSA) is 20.3 Å². The Bertz CT molecular complexity index is 189. The third kappa shape index (κ3) is 2.31. The van der Waals surface area contributed by atoms with Gasteiger partial charge in [0, 0.05) is 6.04 Å². The van der Waals surface area contributed by atoms with Crippen molar-refractivity contribution in [1.29, 1.82) is 0 Å². The Balaban J connectivity index is 2.62. The van der Waals surface area contributed by atoms with Crippen molar-refractivity contribution >= 4 is 5.78 Å². The van der Waals surface area contributed by atoms with Crippen molar-refractivity contribution in [1.82, 2.24) is 4.90 Å². The van der Waals surface area contributed by atoms with Gasteiger partial charge >= 0.3 is 0 Å². The van der Waals surface area contributed by atoms with E-state index >= 15 is 0 Å². The Labute approximate surface area is 81.3 Å². The summed E-state index contributed by atoms with van der Waals surface area (Å²) >= 11 is 0. The van der Waals surface area contributed by atoms with Crippen LogP contribution in [-0.2, 0) is 4.79 Å². The number of hydrogen-bond donors (Lipinski definition) is 0. The average molecular weight is 183 g/mol. The number of rotatable bonds is 3. The van der Waals surface area contributed by atoms with Gasteiger partial charge in [-0.1, -0.05) is 13.8 Å². The smallest absolute Gasteiger partial charge is 0.146 e. The molecule has 1 aliphatic heterocycles. The largest absolute Gasteiger partial charge is 0.298 e. The fraction of sp³-hybridized carbons (Fsp3) is 0.909. The van der Waals surface area contributed by atoms with E-state index in [1.807, 2.05) is 6.92 Å². The van der Waals surface area contributed by atoms with Gasteiger partial charge in [0.25, 0.3) is 0 Å². The lowest BCUT2D eigenvalue weighted by atomic mass is 10.0. The maximum atomic E-state index is 11.3. The lowest BCUT2D eigenvalue weighted by molar-refractivity contribution is -0.122.